The van der Waals surface area contributed by atoms with Crippen LogP contribution in [-0.4, -0.2) is 26.2 Å². The number of rotatable bonds is 6. The number of hydrogen-bond donors (Lipinski definition) is 1. The lowest BCUT2D eigenvalue weighted by Gasteiger charge is -2.17. The van der Waals surface area contributed by atoms with Gasteiger partial charge in [0.15, 0.2) is 6.10 Å². The first-order valence-electron chi connectivity index (χ1n) is 7.30. The zero-order valence-corrected chi connectivity index (χ0v) is 13.8. The van der Waals surface area contributed by atoms with Crippen molar-refractivity contribution in [2.45, 2.75) is 20.0 Å². The molecule has 1 amide bonds. The molecular formula is C18H21NO4. The summed E-state index contributed by atoms with van der Waals surface area (Å²) in [5, 5.41) is 2.81. The van der Waals surface area contributed by atoms with Crippen LogP contribution in [0.5, 0.6) is 17.2 Å². The minimum atomic E-state index is -0.636. The van der Waals surface area contributed by atoms with Gasteiger partial charge in [0.25, 0.3) is 5.91 Å². The highest BCUT2D eigenvalue weighted by atomic mass is 16.5. The van der Waals surface area contributed by atoms with Crippen molar-refractivity contribution in [1.82, 2.24) is 0 Å². The van der Waals surface area contributed by atoms with E-state index >= 15 is 0 Å². The molecule has 0 spiro atoms. The van der Waals surface area contributed by atoms with Gasteiger partial charge in [0.2, 0.25) is 0 Å². The van der Waals surface area contributed by atoms with Gasteiger partial charge in [-0.3, -0.25) is 4.79 Å². The maximum atomic E-state index is 12.3. The van der Waals surface area contributed by atoms with Crippen LogP contribution < -0.4 is 19.5 Å². The molecule has 0 aliphatic heterocycles. The SMILES string of the molecule is COc1ccc(NC(=O)C(C)Oc2ccccc2C)c(OC)c1. The zero-order valence-electron chi connectivity index (χ0n) is 13.8. The van der Waals surface area contributed by atoms with Crippen LogP contribution in [0.15, 0.2) is 42.5 Å². The van der Waals surface area contributed by atoms with Crippen molar-refractivity contribution >= 4 is 11.6 Å². The number of para-hydroxylation sites is 1. The Balaban J connectivity index is 2.08. The molecule has 2 rings (SSSR count). The quantitative estimate of drug-likeness (QED) is 0.887. The van der Waals surface area contributed by atoms with Gasteiger partial charge in [0, 0.05) is 6.07 Å². The second-order valence-electron chi connectivity index (χ2n) is 5.08. The van der Waals surface area contributed by atoms with Crippen molar-refractivity contribution in [1.29, 1.82) is 0 Å². The standard InChI is InChI=1S/C18H21NO4/c1-12-7-5-6-8-16(12)23-13(2)18(20)19-15-10-9-14(21-3)11-17(15)22-4/h5-11,13H,1-4H3,(H,19,20). The third-order valence-electron chi connectivity index (χ3n) is 3.43. The summed E-state index contributed by atoms with van der Waals surface area (Å²) >= 11 is 0. The number of carbonyl (C=O) groups excluding carboxylic acids is 1. The first-order valence-corrected chi connectivity index (χ1v) is 7.30. The Bertz CT molecular complexity index is 684. The maximum absolute atomic E-state index is 12.3. The van der Waals surface area contributed by atoms with E-state index in [1.165, 1.54) is 7.11 Å². The van der Waals surface area contributed by atoms with E-state index in [0.29, 0.717) is 22.9 Å². The van der Waals surface area contributed by atoms with Crippen molar-refractivity contribution < 1.29 is 19.0 Å². The van der Waals surface area contributed by atoms with E-state index in [-0.39, 0.29) is 5.91 Å². The van der Waals surface area contributed by atoms with Gasteiger partial charge < -0.3 is 19.5 Å². The van der Waals surface area contributed by atoms with E-state index in [4.69, 9.17) is 14.2 Å². The third-order valence-corrected chi connectivity index (χ3v) is 3.43. The Labute approximate surface area is 136 Å². The summed E-state index contributed by atoms with van der Waals surface area (Å²) in [6.07, 6.45) is -0.636. The first kappa shape index (κ1) is 16.7. The van der Waals surface area contributed by atoms with Gasteiger partial charge in [-0.1, -0.05) is 18.2 Å². The van der Waals surface area contributed by atoms with Gasteiger partial charge in [-0.05, 0) is 37.6 Å². The second-order valence-corrected chi connectivity index (χ2v) is 5.08. The molecule has 1 N–H and O–H groups in total. The van der Waals surface area contributed by atoms with E-state index in [1.54, 1.807) is 32.2 Å². The Hall–Kier alpha value is -2.69. The maximum Gasteiger partial charge on any atom is 0.265 e. The van der Waals surface area contributed by atoms with Crippen molar-refractivity contribution in [2.24, 2.45) is 0 Å². The predicted octanol–water partition coefficient (Wildman–Crippen LogP) is 3.42. The molecule has 0 fully saturated rings. The van der Waals surface area contributed by atoms with Crippen LogP contribution in [0, 0.1) is 6.92 Å². The minimum Gasteiger partial charge on any atom is -0.497 e. The van der Waals surface area contributed by atoms with Gasteiger partial charge >= 0.3 is 0 Å². The van der Waals surface area contributed by atoms with Crippen LogP contribution in [0.1, 0.15) is 12.5 Å². The second kappa shape index (κ2) is 7.54. The van der Waals surface area contributed by atoms with Crippen LogP contribution in [0.2, 0.25) is 0 Å². The van der Waals surface area contributed by atoms with E-state index in [2.05, 4.69) is 5.32 Å². The number of carbonyl (C=O) groups is 1. The van der Waals surface area contributed by atoms with Crippen molar-refractivity contribution in [3.05, 3.63) is 48.0 Å². The van der Waals surface area contributed by atoms with E-state index in [1.807, 2.05) is 31.2 Å². The largest absolute Gasteiger partial charge is 0.497 e. The summed E-state index contributed by atoms with van der Waals surface area (Å²) in [4.78, 5) is 12.3. The van der Waals surface area contributed by atoms with Crippen molar-refractivity contribution in [2.75, 3.05) is 19.5 Å². The molecule has 0 radical (unpaired) electrons. The lowest BCUT2D eigenvalue weighted by molar-refractivity contribution is -0.122. The molecule has 1 atom stereocenters. The van der Waals surface area contributed by atoms with Crippen LogP contribution in [0.25, 0.3) is 0 Å². The molecule has 0 aliphatic rings. The number of nitrogens with one attached hydrogen (secondary N) is 1. The normalized spacial score (nSPS) is 11.5. The van der Waals surface area contributed by atoms with E-state index in [0.717, 1.165) is 5.56 Å². The number of methoxy groups -OCH3 is 2. The van der Waals surface area contributed by atoms with Gasteiger partial charge in [-0.2, -0.15) is 0 Å². The average molecular weight is 315 g/mol. The predicted molar refractivity (Wildman–Crippen MR) is 89.4 cm³/mol. The van der Waals surface area contributed by atoms with Crippen LogP contribution in [-0.2, 0) is 4.79 Å². The van der Waals surface area contributed by atoms with Gasteiger partial charge in [0.1, 0.15) is 17.2 Å². The highest BCUT2D eigenvalue weighted by molar-refractivity contribution is 5.95. The number of anilines is 1. The van der Waals surface area contributed by atoms with E-state index < -0.39 is 6.10 Å². The number of benzene rings is 2. The zero-order chi connectivity index (χ0) is 16.8. The van der Waals surface area contributed by atoms with Gasteiger partial charge in [-0.25, -0.2) is 0 Å². The first-order chi connectivity index (χ1) is 11.0. The molecule has 1 unspecified atom stereocenters. The molecular weight excluding hydrogens is 294 g/mol. The molecule has 0 aliphatic carbocycles. The Morgan fingerprint density at radius 3 is 2.43 bits per heavy atom. The minimum absolute atomic E-state index is 0.253. The summed E-state index contributed by atoms with van der Waals surface area (Å²) in [6, 6.07) is 12.8. The van der Waals surface area contributed by atoms with Crippen molar-refractivity contribution in [3.8, 4) is 17.2 Å². The van der Waals surface area contributed by atoms with E-state index in [9.17, 15) is 4.79 Å². The van der Waals surface area contributed by atoms with Crippen molar-refractivity contribution in [3.63, 3.8) is 0 Å². The molecule has 122 valence electrons. The fourth-order valence-corrected chi connectivity index (χ4v) is 2.07. The fourth-order valence-electron chi connectivity index (χ4n) is 2.07. The molecule has 5 nitrogen and oxygen atoms in total. The monoisotopic (exact) mass is 315 g/mol. The van der Waals surface area contributed by atoms with Crippen LogP contribution >= 0.6 is 0 Å². The topological polar surface area (TPSA) is 56.8 Å². The van der Waals surface area contributed by atoms with Gasteiger partial charge in [-0.15, -0.1) is 0 Å². The lowest BCUT2D eigenvalue weighted by atomic mass is 10.2. The molecule has 0 heterocycles. The highest BCUT2D eigenvalue weighted by Gasteiger charge is 2.17. The lowest BCUT2D eigenvalue weighted by Crippen LogP contribution is -2.30. The molecule has 23 heavy (non-hydrogen) atoms. The van der Waals surface area contributed by atoms with Gasteiger partial charge in [0.05, 0.1) is 19.9 Å². The molecule has 2 aromatic carbocycles. The van der Waals surface area contributed by atoms with Crippen LogP contribution in [0.3, 0.4) is 0 Å². The third kappa shape index (κ3) is 4.16. The summed E-state index contributed by atoms with van der Waals surface area (Å²) in [5.41, 5.74) is 1.55. The number of ether oxygens (including phenoxy) is 3. The molecule has 0 aromatic heterocycles. The summed E-state index contributed by atoms with van der Waals surface area (Å²) in [7, 11) is 3.11. The summed E-state index contributed by atoms with van der Waals surface area (Å²) in [6.45, 7) is 3.64. The van der Waals surface area contributed by atoms with Crippen LogP contribution in [0.4, 0.5) is 5.69 Å². The number of hydrogen-bond acceptors (Lipinski definition) is 4. The number of aryl methyl sites for hydroxylation is 1. The molecule has 2 aromatic rings. The Morgan fingerprint density at radius 2 is 1.78 bits per heavy atom. The smallest absolute Gasteiger partial charge is 0.265 e. The fraction of sp³-hybridized carbons (Fsp3) is 0.278. The molecule has 0 saturated carbocycles. The molecule has 5 heteroatoms. The summed E-state index contributed by atoms with van der Waals surface area (Å²) in [5.74, 6) is 1.62. The highest BCUT2D eigenvalue weighted by Crippen LogP contribution is 2.29. The summed E-state index contributed by atoms with van der Waals surface area (Å²) < 4.78 is 16.1. The molecule has 0 saturated heterocycles. The Morgan fingerprint density at radius 1 is 1.04 bits per heavy atom. The molecule has 0 bridgehead atoms. The number of amides is 1. The average Bonchev–Trinajstić information content (AvgIpc) is 2.57. The Kier molecular flexibility index (Phi) is 5.46.